The number of tetrazole rings is 1. The minimum Gasteiger partial charge on any atom is -0.494 e. The lowest BCUT2D eigenvalue weighted by Gasteiger charge is -2.28. The predicted molar refractivity (Wildman–Crippen MR) is 119 cm³/mol. The van der Waals surface area contributed by atoms with Crippen LogP contribution in [0, 0.1) is 6.92 Å². The molecule has 8 nitrogen and oxygen atoms in total. The number of aromatic nitrogens is 4. The number of allylic oxidation sites excluding steroid dienone is 1. The van der Waals surface area contributed by atoms with Gasteiger partial charge in [0.2, 0.25) is 5.95 Å². The molecular weight excluding hydrogens is 392 g/mol. The van der Waals surface area contributed by atoms with E-state index in [0.29, 0.717) is 23.8 Å². The topological polar surface area (TPSA) is 94.0 Å². The molecule has 0 spiro atoms. The van der Waals surface area contributed by atoms with Crippen molar-refractivity contribution in [1.82, 2.24) is 20.2 Å². The third-order valence-electron chi connectivity index (χ3n) is 5.29. The molecule has 0 saturated carbocycles. The zero-order valence-electron chi connectivity index (χ0n) is 17.9. The number of benzene rings is 2. The van der Waals surface area contributed by atoms with Gasteiger partial charge in [-0.2, -0.15) is 4.68 Å². The summed E-state index contributed by atoms with van der Waals surface area (Å²) in [4.78, 5) is 13.4. The molecule has 0 radical (unpaired) electrons. The predicted octanol–water partition coefficient (Wildman–Crippen LogP) is 4.09. The van der Waals surface area contributed by atoms with Gasteiger partial charge in [0.25, 0.3) is 5.91 Å². The van der Waals surface area contributed by atoms with E-state index in [2.05, 4.69) is 33.1 Å². The lowest BCUT2D eigenvalue weighted by atomic mass is 9.94. The van der Waals surface area contributed by atoms with E-state index in [1.807, 2.05) is 62.4 Å². The summed E-state index contributed by atoms with van der Waals surface area (Å²) in [7, 11) is 0. The van der Waals surface area contributed by atoms with Crippen molar-refractivity contribution in [2.24, 2.45) is 0 Å². The van der Waals surface area contributed by atoms with Crippen LogP contribution in [0.5, 0.6) is 5.75 Å². The van der Waals surface area contributed by atoms with Crippen LogP contribution >= 0.6 is 0 Å². The summed E-state index contributed by atoms with van der Waals surface area (Å²) in [5, 5.41) is 18.2. The molecule has 3 aromatic rings. The number of nitrogens with zero attached hydrogens (tertiary/aromatic N) is 4. The van der Waals surface area contributed by atoms with Crippen LogP contribution in [0.25, 0.3) is 0 Å². The van der Waals surface area contributed by atoms with Crippen molar-refractivity contribution in [2.45, 2.75) is 39.7 Å². The lowest BCUT2D eigenvalue weighted by Crippen LogP contribution is -2.31. The normalized spacial score (nSPS) is 15.3. The summed E-state index contributed by atoms with van der Waals surface area (Å²) in [5.74, 6) is 1.05. The maximum Gasteiger partial charge on any atom is 0.255 e. The van der Waals surface area contributed by atoms with E-state index in [9.17, 15) is 4.79 Å². The highest BCUT2D eigenvalue weighted by atomic mass is 16.5. The number of aryl methyl sites for hydroxylation is 1. The molecule has 1 unspecified atom stereocenters. The SMILES string of the molecule is CCCCOc1cccc(C2C(C(=O)Nc3ccccc3C)=C(C)Nc3nnnn32)c1. The first-order chi connectivity index (χ1) is 15.1. The Hall–Kier alpha value is -3.68. The molecule has 1 aliphatic heterocycles. The molecule has 31 heavy (non-hydrogen) atoms. The molecule has 1 aliphatic rings. The molecule has 0 aliphatic carbocycles. The van der Waals surface area contributed by atoms with Gasteiger partial charge in [-0.25, -0.2) is 0 Å². The molecule has 0 fully saturated rings. The van der Waals surface area contributed by atoms with Gasteiger partial charge in [-0.05, 0) is 60.0 Å². The number of hydrogen-bond donors (Lipinski definition) is 2. The number of unbranched alkanes of at least 4 members (excludes halogenated alkanes) is 1. The maximum atomic E-state index is 13.4. The Morgan fingerprint density at radius 1 is 1.19 bits per heavy atom. The quantitative estimate of drug-likeness (QED) is 0.562. The fourth-order valence-corrected chi connectivity index (χ4v) is 3.63. The van der Waals surface area contributed by atoms with Crippen LogP contribution in [0.15, 0.2) is 59.8 Å². The Bertz CT molecular complexity index is 1120. The average molecular weight is 419 g/mol. The molecular formula is C23H26N6O2. The zero-order chi connectivity index (χ0) is 21.8. The molecule has 0 bridgehead atoms. The second kappa shape index (κ2) is 8.99. The number of amides is 1. The molecule has 4 rings (SSSR count). The lowest BCUT2D eigenvalue weighted by molar-refractivity contribution is -0.113. The smallest absolute Gasteiger partial charge is 0.255 e. The van der Waals surface area contributed by atoms with Crippen molar-refractivity contribution in [1.29, 1.82) is 0 Å². The van der Waals surface area contributed by atoms with Crippen molar-refractivity contribution in [3.63, 3.8) is 0 Å². The van der Waals surface area contributed by atoms with Gasteiger partial charge in [0, 0.05) is 11.4 Å². The van der Waals surface area contributed by atoms with E-state index in [-0.39, 0.29) is 5.91 Å². The minimum absolute atomic E-state index is 0.206. The van der Waals surface area contributed by atoms with Gasteiger partial charge in [0.15, 0.2) is 0 Å². The van der Waals surface area contributed by atoms with Crippen molar-refractivity contribution >= 4 is 17.5 Å². The number of carbonyl (C=O) groups is 1. The largest absolute Gasteiger partial charge is 0.494 e. The summed E-state index contributed by atoms with van der Waals surface area (Å²) in [6, 6.07) is 15.0. The molecule has 8 heteroatoms. The fourth-order valence-electron chi connectivity index (χ4n) is 3.63. The molecule has 2 aromatic carbocycles. The molecule has 1 atom stereocenters. The Balaban J connectivity index is 1.71. The molecule has 2 N–H and O–H groups in total. The van der Waals surface area contributed by atoms with Crippen molar-refractivity contribution in [2.75, 3.05) is 17.2 Å². The van der Waals surface area contributed by atoms with Crippen LogP contribution < -0.4 is 15.4 Å². The Labute approximate surface area is 181 Å². The van der Waals surface area contributed by atoms with E-state index < -0.39 is 6.04 Å². The van der Waals surface area contributed by atoms with Gasteiger partial charge in [-0.15, -0.1) is 0 Å². The standard InChI is InChI=1S/C23H26N6O2/c1-4-5-13-31-18-11-8-10-17(14-18)21-20(16(3)24-23-26-27-28-29(21)23)22(30)25-19-12-7-6-9-15(19)2/h6-12,14,21H,4-5,13H2,1-3H3,(H,25,30)(H,24,26,28). The third kappa shape index (κ3) is 4.28. The number of carbonyl (C=O) groups excluding carboxylic acids is 1. The maximum absolute atomic E-state index is 13.4. The first-order valence-electron chi connectivity index (χ1n) is 10.4. The van der Waals surface area contributed by atoms with Crippen LogP contribution in [0.4, 0.5) is 11.6 Å². The van der Waals surface area contributed by atoms with E-state index in [1.54, 1.807) is 4.68 Å². The molecule has 2 heterocycles. The van der Waals surface area contributed by atoms with Gasteiger partial charge in [0.05, 0.1) is 12.2 Å². The first kappa shape index (κ1) is 20.6. The second-order valence-corrected chi connectivity index (χ2v) is 7.56. The van der Waals surface area contributed by atoms with Crippen LogP contribution in [0.2, 0.25) is 0 Å². The van der Waals surface area contributed by atoms with E-state index in [0.717, 1.165) is 35.4 Å². The summed E-state index contributed by atoms with van der Waals surface area (Å²) in [6.07, 6.45) is 2.05. The monoisotopic (exact) mass is 418 g/mol. The highest BCUT2D eigenvalue weighted by Gasteiger charge is 2.34. The van der Waals surface area contributed by atoms with Gasteiger partial charge >= 0.3 is 0 Å². The average Bonchev–Trinajstić information content (AvgIpc) is 3.22. The van der Waals surface area contributed by atoms with Gasteiger partial charge < -0.3 is 15.4 Å². The summed E-state index contributed by atoms with van der Waals surface area (Å²) in [5.41, 5.74) is 3.89. The van der Waals surface area contributed by atoms with E-state index in [4.69, 9.17) is 4.74 Å². The number of anilines is 2. The molecule has 0 saturated heterocycles. The number of fused-ring (bicyclic) bond motifs is 1. The van der Waals surface area contributed by atoms with Crippen LogP contribution in [-0.4, -0.2) is 32.7 Å². The van der Waals surface area contributed by atoms with Gasteiger partial charge in [-0.3, -0.25) is 4.79 Å². The van der Waals surface area contributed by atoms with Crippen molar-refractivity contribution in [3.05, 3.63) is 70.9 Å². The number of hydrogen-bond acceptors (Lipinski definition) is 6. The molecule has 1 amide bonds. The number of para-hydroxylation sites is 1. The zero-order valence-corrected chi connectivity index (χ0v) is 17.9. The fraction of sp³-hybridized carbons (Fsp3) is 0.304. The van der Waals surface area contributed by atoms with E-state index >= 15 is 0 Å². The molecule has 160 valence electrons. The highest BCUT2D eigenvalue weighted by Crippen LogP contribution is 2.36. The number of nitrogens with one attached hydrogen (secondary N) is 2. The summed E-state index contributed by atoms with van der Waals surface area (Å²) in [6.45, 7) is 6.60. The Kier molecular flexibility index (Phi) is 5.97. The van der Waals surface area contributed by atoms with Gasteiger partial charge in [0.1, 0.15) is 11.8 Å². The Morgan fingerprint density at radius 2 is 2.03 bits per heavy atom. The van der Waals surface area contributed by atoms with Gasteiger partial charge in [-0.1, -0.05) is 48.8 Å². The second-order valence-electron chi connectivity index (χ2n) is 7.56. The summed E-state index contributed by atoms with van der Waals surface area (Å²) < 4.78 is 7.52. The third-order valence-corrected chi connectivity index (χ3v) is 5.29. The van der Waals surface area contributed by atoms with Crippen LogP contribution in [0.1, 0.15) is 43.9 Å². The number of rotatable bonds is 7. The van der Waals surface area contributed by atoms with Crippen LogP contribution in [-0.2, 0) is 4.79 Å². The Morgan fingerprint density at radius 3 is 2.84 bits per heavy atom. The number of ether oxygens (including phenoxy) is 1. The van der Waals surface area contributed by atoms with Crippen LogP contribution in [0.3, 0.4) is 0 Å². The van der Waals surface area contributed by atoms with Crippen molar-refractivity contribution in [3.8, 4) is 5.75 Å². The first-order valence-corrected chi connectivity index (χ1v) is 10.4. The van der Waals surface area contributed by atoms with E-state index in [1.165, 1.54) is 0 Å². The minimum atomic E-state index is -0.481. The summed E-state index contributed by atoms with van der Waals surface area (Å²) >= 11 is 0. The van der Waals surface area contributed by atoms with Crippen molar-refractivity contribution < 1.29 is 9.53 Å². The highest BCUT2D eigenvalue weighted by molar-refractivity contribution is 6.06. The molecule has 1 aromatic heterocycles.